The molecule has 0 aliphatic rings. The number of imidazole rings is 1. The van der Waals surface area contributed by atoms with E-state index in [0.717, 1.165) is 23.3 Å². The predicted octanol–water partition coefficient (Wildman–Crippen LogP) is 3.06. The molecule has 2 aromatic heterocycles. The van der Waals surface area contributed by atoms with E-state index < -0.39 is 0 Å². The van der Waals surface area contributed by atoms with Crippen LogP contribution in [0.3, 0.4) is 0 Å². The molecule has 0 fully saturated rings. The van der Waals surface area contributed by atoms with Crippen molar-refractivity contribution in [2.45, 2.75) is 26.3 Å². The van der Waals surface area contributed by atoms with E-state index in [1.165, 1.54) is 0 Å². The summed E-state index contributed by atoms with van der Waals surface area (Å²) in [5.74, 6) is 0.754. The Bertz CT molecular complexity index is 857. The third-order valence-corrected chi connectivity index (χ3v) is 4.32. The number of pyridine rings is 1. The predicted molar refractivity (Wildman–Crippen MR) is 96.8 cm³/mol. The lowest BCUT2D eigenvalue weighted by atomic mass is 10.1. The number of aromatic amines is 1. The Morgan fingerprint density at radius 3 is 2.68 bits per heavy atom. The summed E-state index contributed by atoms with van der Waals surface area (Å²) in [7, 11) is 1.65. The number of aromatic nitrogens is 3. The molecule has 0 bridgehead atoms. The Morgan fingerprint density at radius 2 is 2.00 bits per heavy atom. The number of carbonyl (C=O) groups is 1. The molecule has 0 unspecified atom stereocenters. The molecule has 6 heteroatoms. The highest BCUT2D eigenvalue weighted by molar-refractivity contribution is 5.94. The molecular weight excluding hydrogens is 316 g/mol. The first-order valence-corrected chi connectivity index (χ1v) is 8.36. The van der Waals surface area contributed by atoms with Gasteiger partial charge >= 0.3 is 0 Å². The minimum absolute atomic E-state index is 0.0579. The van der Waals surface area contributed by atoms with Crippen LogP contribution in [-0.4, -0.2) is 45.5 Å². The third-order valence-electron chi connectivity index (χ3n) is 4.32. The number of hydrogen-bond donors (Lipinski definition) is 1. The Balaban J connectivity index is 1.75. The molecule has 3 rings (SSSR count). The first-order chi connectivity index (χ1) is 12.1. The quantitative estimate of drug-likeness (QED) is 0.750. The molecule has 0 saturated heterocycles. The van der Waals surface area contributed by atoms with Crippen LogP contribution in [0, 0.1) is 0 Å². The number of nitrogens with zero attached hydrogens (tertiary/aromatic N) is 3. The third kappa shape index (κ3) is 3.63. The number of carbonyl (C=O) groups excluding carboxylic acids is 1. The van der Waals surface area contributed by atoms with Gasteiger partial charge in [0.1, 0.15) is 11.4 Å². The number of ether oxygens (including phenoxy) is 1. The maximum atomic E-state index is 12.9. The molecule has 25 heavy (non-hydrogen) atoms. The van der Waals surface area contributed by atoms with E-state index in [0.29, 0.717) is 17.9 Å². The zero-order chi connectivity index (χ0) is 17.8. The van der Waals surface area contributed by atoms with Gasteiger partial charge in [0.15, 0.2) is 5.65 Å². The summed E-state index contributed by atoms with van der Waals surface area (Å²) in [4.78, 5) is 26.2. The van der Waals surface area contributed by atoms with Gasteiger partial charge in [0.2, 0.25) is 0 Å². The number of methoxy groups -OCH3 is 1. The molecule has 3 aromatic rings. The molecule has 1 amide bonds. The van der Waals surface area contributed by atoms with Gasteiger partial charge in [-0.15, -0.1) is 0 Å². The van der Waals surface area contributed by atoms with Crippen LogP contribution in [0.25, 0.3) is 11.2 Å². The molecule has 0 spiro atoms. The van der Waals surface area contributed by atoms with Crippen LogP contribution in [0.15, 0.2) is 42.7 Å². The number of hydrogen-bond acceptors (Lipinski definition) is 4. The highest BCUT2D eigenvalue weighted by Crippen LogP contribution is 2.16. The Labute approximate surface area is 146 Å². The van der Waals surface area contributed by atoms with E-state index in [9.17, 15) is 4.79 Å². The van der Waals surface area contributed by atoms with Crippen LogP contribution in [-0.2, 0) is 6.42 Å². The summed E-state index contributed by atoms with van der Waals surface area (Å²) >= 11 is 0. The van der Waals surface area contributed by atoms with Crippen molar-refractivity contribution in [3.05, 3.63) is 54.0 Å². The van der Waals surface area contributed by atoms with Crippen molar-refractivity contribution in [2.75, 3.05) is 13.7 Å². The molecule has 0 aliphatic carbocycles. The van der Waals surface area contributed by atoms with Crippen molar-refractivity contribution in [3.63, 3.8) is 0 Å². The zero-order valence-corrected chi connectivity index (χ0v) is 14.7. The van der Waals surface area contributed by atoms with Crippen molar-refractivity contribution in [1.82, 2.24) is 19.9 Å². The normalized spacial score (nSPS) is 12.1. The number of fused-ring (bicyclic) bond motifs is 1. The van der Waals surface area contributed by atoms with Crippen LogP contribution < -0.4 is 4.74 Å². The van der Waals surface area contributed by atoms with Crippen molar-refractivity contribution >= 4 is 17.1 Å². The lowest BCUT2D eigenvalue weighted by molar-refractivity contribution is 0.0697. The maximum absolute atomic E-state index is 12.9. The molecule has 1 atom stereocenters. The number of rotatable bonds is 6. The molecule has 130 valence electrons. The van der Waals surface area contributed by atoms with Gasteiger partial charge in [0.05, 0.1) is 19.0 Å². The van der Waals surface area contributed by atoms with E-state index in [-0.39, 0.29) is 11.9 Å². The Kier molecular flexibility index (Phi) is 4.97. The zero-order valence-electron chi connectivity index (χ0n) is 14.7. The maximum Gasteiger partial charge on any atom is 0.272 e. The smallest absolute Gasteiger partial charge is 0.272 e. The van der Waals surface area contributed by atoms with Crippen molar-refractivity contribution < 1.29 is 9.53 Å². The fourth-order valence-electron chi connectivity index (χ4n) is 2.96. The standard InChI is InChI=1S/C19H22N4O2/c1-4-23(13(2)11-14-5-7-15(25-3)8-6-14)19(24)17-10-9-16-18(22-17)21-12-20-16/h5-10,12-13H,4,11H2,1-3H3,(H,20,21,22)/t13-/m0/s1. The second-order valence-corrected chi connectivity index (χ2v) is 5.96. The van der Waals surface area contributed by atoms with E-state index in [2.05, 4.69) is 21.9 Å². The first-order valence-electron chi connectivity index (χ1n) is 8.36. The summed E-state index contributed by atoms with van der Waals surface area (Å²) in [5, 5.41) is 0. The molecule has 0 aliphatic heterocycles. The number of likely N-dealkylation sites (N-methyl/N-ethyl adjacent to an activating group) is 1. The minimum atomic E-state index is -0.0755. The van der Waals surface area contributed by atoms with E-state index in [1.807, 2.05) is 42.2 Å². The number of amides is 1. The largest absolute Gasteiger partial charge is 0.497 e. The minimum Gasteiger partial charge on any atom is -0.497 e. The van der Waals surface area contributed by atoms with Crippen LogP contribution in [0.1, 0.15) is 29.9 Å². The van der Waals surface area contributed by atoms with Gasteiger partial charge in [0, 0.05) is 12.6 Å². The van der Waals surface area contributed by atoms with Crippen LogP contribution in [0.2, 0.25) is 0 Å². The summed E-state index contributed by atoms with van der Waals surface area (Å²) in [5.41, 5.74) is 2.97. The van der Waals surface area contributed by atoms with Gasteiger partial charge in [-0.25, -0.2) is 9.97 Å². The monoisotopic (exact) mass is 338 g/mol. The van der Waals surface area contributed by atoms with Gasteiger partial charge in [0.25, 0.3) is 5.91 Å². The summed E-state index contributed by atoms with van der Waals surface area (Å²) in [6.07, 6.45) is 2.35. The lowest BCUT2D eigenvalue weighted by Gasteiger charge is -2.28. The number of H-pyrrole nitrogens is 1. The fourth-order valence-corrected chi connectivity index (χ4v) is 2.96. The molecule has 1 N–H and O–H groups in total. The fraction of sp³-hybridized carbons (Fsp3) is 0.316. The Morgan fingerprint density at radius 1 is 1.24 bits per heavy atom. The van der Waals surface area contributed by atoms with Gasteiger partial charge in [-0.2, -0.15) is 0 Å². The van der Waals surface area contributed by atoms with Crippen LogP contribution in [0.4, 0.5) is 0 Å². The second kappa shape index (κ2) is 7.34. The summed E-state index contributed by atoms with van der Waals surface area (Å²) < 4.78 is 5.19. The Hall–Kier alpha value is -2.89. The van der Waals surface area contributed by atoms with Crippen molar-refractivity contribution in [2.24, 2.45) is 0 Å². The number of nitrogens with one attached hydrogen (secondary N) is 1. The highest BCUT2D eigenvalue weighted by Gasteiger charge is 2.22. The number of benzene rings is 1. The molecule has 0 radical (unpaired) electrons. The van der Waals surface area contributed by atoms with Crippen LogP contribution >= 0.6 is 0 Å². The van der Waals surface area contributed by atoms with Crippen LogP contribution in [0.5, 0.6) is 5.75 Å². The van der Waals surface area contributed by atoms with E-state index >= 15 is 0 Å². The topological polar surface area (TPSA) is 71.1 Å². The van der Waals surface area contributed by atoms with Crippen molar-refractivity contribution in [1.29, 1.82) is 0 Å². The molecule has 2 heterocycles. The molecule has 0 saturated carbocycles. The lowest BCUT2D eigenvalue weighted by Crippen LogP contribution is -2.40. The molecule has 1 aromatic carbocycles. The molecule has 6 nitrogen and oxygen atoms in total. The SMILES string of the molecule is CCN(C(=O)c1ccc2[nH]cnc2n1)[C@@H](C)Cc1ccc(OC)cc1. The highest BCUT2D eigenvalue weighted by atomic mass is 16.5. The average Bonchev–Trinajstić information content (AvgIpc) is 3.10. The van der Waals surface area contributed by atoms with Crippen molar-refractivity contribution in [3.8, 4) is 5.75 Å². The van der Waals surface area contributed by atoms with Gasteiger partial charge in [-0.1, -0.05) is 12.1 Å². The first kappa shape index (κ1) is 17.0. The van der Waals surface area contributed by atoms with E-state index in [1.54, 1.807) is 19.5 Å². The van der Waals surface area contributed by atoms with E-state index in [4.69, 9.17) is 4.74 Å². The van der Waals surface area contributed by atoms with Gasteiger partial charge < -0.3 is 14.6 Å². The van der Waals surface area contributed by atoms with Gasteiger partial charge in [-0.05, 0) is 50.1 Å². The average molecular weight is 338 g/mol. The van der Waals surface area contributed by atoms with Gasteiger partial charge in [-0.3, -0.25) is 4.79 Å². The summed E-state index contributed by atoms with van der Waals surface area (Å²) in [6.45, 7) is 4.66. The second-order valence-electron chi connectivity index (χ2n) is 5.96. The molecular formula is C19H22N4O2. The summed E-state index contributed by atoms with van der Waals surface area (Å²) in [6, 6.07) is 11.6.